The second-order valence-electron chi connectivity index (χ2n) is 4.81. The van der Waals surface area contributed by atoms with Crippen LogP contribution >= 0.6 is 0 Å². The number of benzene rings is 1. The molecule has 1 heterocycles. The topological polar surface area (TPSA) is 115 Å². The van der Waals surface area contributed by atoms with Crippen LogP contribution < -0.4 is 11.3 Å². The Bertz CT molecular complexity index is 778. The Morgan fingerprint density at radius 3 is 2.41 bits per heavy atom. The highest BCUT2D eigenvalue weighted by Crippen LogP contribution is 2.22. The Kier molecular flexibility index (Phi) is 4.36. The number of nitro groups is 1. The van der Waals surface area contributed by atoms with Crippen molar-refractivity contribution in [2.45, 2.75) is 19.9 Å². The molecule has 7 heteroatoms. The summed E-state index contributed by atoms with van der Waals surface area (Å²) in [4.78, 5) is 22.6. The van der Waals surface area contributed by atoms with E-state index in [1.807, 2.05) is 6.92 Å². The summed E-state index contributed by atoms with van der Waals surface area (Å²) in [5.41, 5.74) is 6.58. The molecule has 3 N–H and O–H groups in total. The lowest BCUT2D eigenvalue weighted by molar-refractivity contribution is -0.384. The van der Waals surface area contributed by atoms with Crippen molar-refractivity contribution in [2.24, 2.45) is 5.73 Å². The van der Waals surface area contributed by atoms with Crippen molar-refractivity contribution in [1.82, 2.24) is 4.57 Å². The maximum absolute atomic E-state index is 12.4. The molecule has 1 aromatic heterocycles. The minimum Gasteiger partial charge on any atom is -0.384 e. The third-order valence-corrected chi connectivity index (χ3v) is 3.29. The van der Waals surface area contributed by atoms with E-state index in [4.69, 9.17) is 11.1 Å². The van der Waals surface area contributed by atoms with Gasteiger partial charge in [0.15, 0.2) is 0 Å². The molecule has 0 radical (unpaired) electrons. The molecule has 0 aliphatic heterocycles. The van der Waals surface area contributed by atoms with Crippen molar-refractivity contribution in [3.05, 3.63) is 62.4 Å². The summed E-state index contributed by atoms with van der Waals surface area (Å²) in [6.07, 6.45) is 0.737. The van der Waals surface area contributed by atoms with Crippen LogP contribution in [0.5, 0.6) is 0 Å². The largest absolute Gasteiger partial charge is 0.384 e. The molecule has 0 spiro atoms. The fourth-order valence-electron chi connectivity index (χ4n) is 2.23. The molecule has 0 saturated carbocycles. The zero-order chi connectivity index (χ0) is 16.3. The molecule has 2 aromatic rings. The van der Waals surface area contributed by atoms with Gasteiger partial charge in [0.2, 0.25) is 0 Å². The Morgan fingerprint density at radius 2 is 1.91 bits per heavy atom. The second kappa shape index (κ2) is 6.21. The summed E-state index contributed by atoms with van der Waals surface area (Å²) >= 11 is 0. The molecule has 0 saturated heterocycles. The van der Waals surface area contributed by atoms with E-state index in [2.05, 4.69) is 0 Å². The smallest absolute Gasteiger partial charge is 0.269 e. The van der Waals surface area contributed by atoms with Crippen molar-refractivity contribution in [3.63, 3.8) is 0 Å². The average molecular weight is 300 g/mol. The molecular weight excluding hydrogens is 284 g/mol. The molecule has 2 rings (SSSR count). The number of nitrogens with one attached hydrogen (secondary N) is 1. The Labute approximate surface area is 126 Å². The van der Waals surface area contributed by atoms with Crippen LogP contribution in [0.1, 0.15) is 18.9 Å². The molecule has 22 heavy (non-hydrogen) atoms. The van der Waals surface area contributed by atoms with Gasteiger partial charge in [0.1, 0.15) is 5.84 Å². The lowest BCUT2D eigenvalue weighted by Crippen LogP contribution is -2.30. The maximum Gasteiger partial charge on any atom is 0.269 e. The van der Waals surface area contributed by atoms with Gasteiger partial charge in [-0.05, 0) is 36.2 Å². The van der Waals surface area contributed by atoms with E-state index in [9.17, 15) is 14.9 Å². The predicted molar refractivity (Wildman–Crippen MR) is 84.1 cm³/mol. The number of hydrogen-bond acceptors (Lipinski definition) is 4. The molecule has 1 aromatic carbocycles. The first-order valence-electron chi connectivity index (χ1n) is 6.78. The average Bonchev–Trinajstić information content (AvgIpc) is 2.49. The summed E-state index contributed by atoms with van der Waals surface area (Å²) in [7, 11) is 0. The molecule has 0 bridgehead atoms. The van der Waals surface area contributed by atoms with Gasteiger partial charge in [0.25, 0.3) is 11.2 Å². The van der Waals surface area contributed by atoms with Crippen molar-refractivity contribution in [1.29, 1.82) is 5.41 Å². The highest BCUT2D eigenvalue weighted by atomic mass is 16.6. The highest BCUT2D eigenvalue weighted by Gasteiger charge is 2.13. The molecular formula is C15H16N4O3. The minimum absolute atomic E-state index is 0.00602. The van der Waals surface area contributed by atoms with Crippen molar-refractivity contribution in [2.75, 3.05) is 0 Å². The van der Waals surface area contributed by atoms with Crippen molar-refractivity contribution < 1.29 is 4.92 Å². The van der Waals surface area contributed by atoms with Gasteiger partial charge >= 0.3 is 0 Å². The number of aromatic nitrogens is 1. The fourth-order valence-corrected chi connectivity index (χ4v) is 2.23. The monoisotopic (exact) mass is 300 g/mol. The van der Waals surface area contributed by atoms with Crippen LogP contribution in [0.3, 0.4) is 0 Å². The molecule has 0 aliphatic carbocycles. The first kappa shape index (κ1) is 15.4. The summed E-state index contributed by atoms with van der Waals surface area (Å²) in [5.74, 6) is -0.273. The molecule has 0 amide bonds. The van der Waals surface area contributed by atoms with Gasteiger partial charge in [-0.25, -0.2) is 0 Å². The number of nitrogens with zero attached hydrogens (tertiary/aromatic N) is 2. The quantitative estimate of drug-likeness (QED) is 0.381. The van der Waals surface area contributed by atoms with Gasteiger partial charge in [0.05, 0.1) is 16.2 Å². The lowest BCUT2D eigenvalue weighted by atomic mass is 10.1. The van der Waals surface area contributed by atoms with Crippen LogP contribution in [0.25, 0.3) is 11.3 Å². The van der Waals surface area contributed by atoms with Crippen LogP contribution in [-0.2, 0) is 6.54 Å². The number of hydrogen-bond donors (Lipinski definition) is 2. The molecule has 0 atom stereocenters. The van der Waals surface area contributed by atoms with Crippen molar-refractivity contribution in [3.8, 4) is 11.3 Å². The number of rotatable bonds is 5. The van der Waals surface area contributed by atoms with Gasteiger partial charge in [-0.3, -0.25) is 20.3 Å². The number of non-ortho nitro benzene ring substituents is 1. The highest BCUT2D eigenvalue weighted by molar-refractivity contribution is 5.94. The van der Waals surface area contributed by atoms with E-state index in [0.29, 0.717) is 17.8 Å². The second-order valence-corrected chi connectivity index (χ2v) is 4.81. The Hall–Kier alpha value is -2.96. The van der Waals surface area contributed by atoms with Crippen LogP contribution in [0.2, 0.25) is 0 Å². The zero-order valence-corrected chi connectivity index (χ0v) is 12.1. The van der Waals surface area contributed by atoms with Gasteiger partial charge < -0.3 is 10.3 Å². The van der Waals surface area contributed by atoms with Crippen LogP contribution in [0, 0.1) is 15.5 Å². The minimum atomic E-state index is -0.470. The van der Waals surface area contributed by atoms with Crippen LogP contribution in [0.4, 0.5) is 5.69 Å². The van der Waals surface area contributed by atoms with Gasteiger partial charge in [-0.2, -0.15) is 0 Å². The Balaban J connectivity index is 2.59. The number of nitrogen functional groups attached to an aromatic ring is 1. The SMILES string of the molecule is CCCn1c(-c2ccc([N+](=O)[O-])cc2)ccc(C(=N)N)c1=O. The number of amidine groups is 1. The summed E-state index contributed by atoms with van der Waals surface area (Å²) in [6.45, 7) is 2.42. The number of pyridine rings is 1. The standard InChI is InChI=1S/C15H16N4O3/c1-2-9-18-13(8-7-12(14(16)17)15(18)20)10-3-5-11(6-4-10)19(21)22/h3-8H,2,9H2,1H3,(H3,16,17). The predicted octanol–water partition coefficient (Wildman–Crippen LogP) is 2.12. The van der Waals surface area contributed by atoms with E-state index in [1.165, 1.54) is 22.8 Å². The summed E-state index contributed by atoms with van der Waals surface area (Å²) in [5, 5.41) is 18.1. The lowest BCUT2D eigenvalue weighted by Gasteiger charge is -2.13. The van der Waals surface area contributed by atoms with E-state index >= 15 is 0 Å². The van der Waals surface area contributed by atoms with E-state index in [1.54, 1.807) is 18.2 Å². The van der Waals surface area contributed by atoms with E-state index in [0.717, 1.165) is 6.42 Å². The third kappa shape index (κ3) is 2.88. The normalized spacial score (nSPS) is 10.4. The molecule has 114 valence electrons. The molecule has 0 aliphatic rings. The van der Waals surface area contributed by atoms with Crippen LogP contribution in [-0.4, -0.2) is 15.3 Å². The van der Waals surface area contributed by atoms with Gasteiger partial charge in [-0.15, -0.1) is 0 Å². The van der Waals surface area contributed by atoms with Gasteiger partial charge in [-0.1, -0.05) is 6.92 Å². The number of nitrogens with two attached hydrogens (primary N) is 1. The number of nitro benzene ring substituents is 1. The summed E-state index contributed by atoms with van der Waals surface area (Å²) in [6, 6.07) is 9.21. The molecule has 0 unspecified atom stereocenters. The van der Waals surface area contributed by atoms with Crippen molar-refractivity contribution >= 4 is 11.5 Å². The van der Waals surface area contributed by atoms with E-state index in [-0.39, 0.29) is 22.6 Å². The zero-order valence-electron chi connectivity index (χ0n) is 12.1. The maximum atomic E-state index is 12.4. The van der Waals surface area contributed by atoms with E-state index < -0.39 is 4.92 Å². The summed E-state index contributed by atoms with van der Waals surface area (Å²) < 4.78 is 1.54. The first-order valence-corrected chi connectivity index (χ1v) is 6.78. The third-order valence-electron chi connectivity index (χ3n) is 3.29. The Morgan fingerprint density at radius 1 is 1.27 bits per heavy atom. The first-order chi connectivity index (χ1) is 10.5. The van der Waals surface area contributed by atoms with Crippen LogP contribution in [0.15, 0.2) is 41.2 Å². The molecule has 0 fully saturated rings. The molecule has 7 nitrogen and oxygen atoms in total. The van der Waals surface area contributed by atoms with Gasteiger partial charge in [0, 0.05) is 18.7 Å². The fraction of sp³-hybridized carbons (Fsp3) is 0.200.